The van der Waals surface area contributed by atoms with E-state index in [9.17, 15) is 9.59 Å². The van der Waals surface area contributed by atoms with Crippen LogP contribution < -0.4 is 16.0 Å². The smallest absolute Gasteiger partial charge is 0.251 e. The molecule has 3 N–H and O–H groups in total. The second kappa shape index (κ2) is 10.1. The lowest BCUT2D eigenvalue weighted by Gasteiger charge is -2.31. The topological polar surface area (TPSA) is 73.5 Å². The van der Waals surface area contributed by atoms with E-state index in [2.05, 4.69) is 41.7 Å². The van der Waals surface area contributed by atoms with Crippen LogP contribution in [-0.2, 0) is 4.79 Å². The first-order valence-corrected chi connectivity index (χ1v) is 11.2. The van der Waals surface area contributed by atoms with Gasteiger partial charge in [0.25, 0.3) is 5.91 Å². The minimum atomic E-state index is -0.228. The van der Waals surface area contributed by atoms with E-state index in [-0.39, 0.29) is 23.8 Å². The molecule has 0 aromatic heterocycles. The maximum Gasteiger partial charge on any atom is 0.251 e. The van der Waals surface area contributed by atoms with Crippen molar-refractivity contribution in [3.63, 3.8) is 0 Å². The number of nitrogens with one attached hydrogen (secondary N) is 3. The first-order valence-electron chi connectivity index (χ1n) is 11.2. The Morgan fingerprint density at radius 3 is 2.72 bits per heavy atom. The molecule has 1 aromatic carbocycles. The van der Waals surface area contributed by atoms with Crippen LogP contribution in [0, 0.1) is 5.92 Å². The Balaban J connectivity index is 1.48. The van der Waals surface area contributed by atoms with Gasteiger partial charge < -0.3 is 20.9 Å². The monoisotopic (exact) mass is 400 g/mol. The van der Waals surface area contributed by atoms with Crippen molar-refractivity contribution in [2.45, 2.75) is 70.9 Å². The van der Waals surface area contributed by atoms with Crippen molar-refractivity contribution in [1.29, 1.82) is 0 Å². The second-order valence-electron chi connectivity index (χ2n) is 8.64. The minimum absolute atomic E-state index is 0.0323. The van der Waals surface area contributed by atoms with Crippen LogP contribution in [0.25, 0.3) is 0 Å². The average molecular weight is 401 g/mol. The fourth-order valence-electron chi connectivity index (χ4n) is 4.33. The van der Waals surface area contributed by atoms with E-state index in [1.807, 2.05) is 12.1 Å². The van der Waals surface area contributed by atoms with Gasteiger partial charge in [-0.3, -0.25) is 9.59 Å². The third-order valence-electron chi connectivity index (χ3n) is 6.52. The van der Waals surface area contributed by atoms with Crippen molar-refractivity contribution in [1.82, 2.24) is 10.2 Å². The molecule has 0 spiro atoms. The molecule has 0 saturated heterocycles. The van der Waals surface area contributed by atoms with Crippen molar-refractivity contribution >= 4 is 23.2 Å². The van der Waals surface area contributed by atoms with Crippen LogP contribution in [0.3, 0.4) is 0 Å². The molecule has 1 aliphatic carbocycles. The summed E-state index contributed by atoms with van der Waals surface area (Å²) in [6, 6.07) is 5.94. The summed E-state index contributed by atoms with van der Waals surface area (Å²) in [7, 11) is 2.20. The van der Waals surface area contributed by atoms with E-state index in [0.29, 0.717) is 23.8 Å². The summed E-state index contributed by atoms with van der Waals surface area (Å²) in [5, 5.41) is 9.27. The van der Waals surface area contributed by atoms with E-state index < -0.39 is 0 Å². The number of hydrogen-bond donors (Lipinski definition) is 3. The highest BCUT2D eigenvalue weighted by Crippen LogP contribution is 2.30. The van der Waals surface area contributed by atoms with E-state index in [0.717, 1.165) is 25.1 Å². The number of anilines is 2. The molecule has 0 unspecified atom stereocenters. The standard InChI is InChI=1S/C23H36N4O2/c1-4-16(2)21-23(29)26-20-15-17(11-12-19(20)25-21)22(28)24-13-8-14-27(3)18-9-6-5-7-10-18/h11-12,15-16,18,21,25H,4-10,13-14H2,1-3H3,(H,24,28)(H,26,29)/t16-,21+/m0/s1. The second-order valence-corrected chi connectivity index (χ2v) is 8.64. The Labute approximate surface area is 174 Å². The molecule has 1 fully saturated rings. The summed E-state index contributed by atoms with van der Waals surface area (Å²) in [6.07, 6.45) is 8.53. The molecule has 0 bridgehead atoms. The summed E-state index contributed by atoms with van der Waals surface area (Å²) < 4.78 is 0. The van der Waals surface area contributed by atoms with Gasteiger partial charge in [-0.15, -0.1) is 0 Å². The molecule has 1 aliphatic heterocycles. The van der Waals surface area contributed by atoms with Crippen molar-refractivity contribution < 1.29 is 9.59 Å². The fourth-order valence-corrected chi connectivity index (χ4v) is 4.33. The molecule has 2 atom stereocenters. The van der Waals surface area contributed by atoms with Gasteiger partial charge in [-0.1, -0.05) is 39.5 Å². The van der Waals surface area contributed by atoms with Gasteiger partial charge in [0.1, 0.15) is 6.04 Å². The van der Waals surface area contributed by atoms with Crippen molar-refractivity contribution in [2.75, 3.05) is 30.8 Å². The van der Waals surface area contributed by atoms with Gasteiger partial charge in [-0.05, 0) is 57.0 Å². The molecular weight excluding hydrogens is 364 g/mol. The Morgan fingerprint density at radius 2 is 2.00 bits per heavy atom. The largest absolute Gasteiger partial charge is 0.372 e. The molecule has 6 nitrogen and oxygen atoms in total. The molecule has 160 valence electrons. The quantitative estimate of drug-likeness (QED) is 0.580. The van der Waals surface area contributed by atoms with Crippen LogP contribution in [0.5, 0.6) is 0 Å². The highest BCUT2D eigenvalue weighted by atomic mass is 16.2. The number of nitrogens with zero attached hydrogens (tertiary/aromatic N) is 1. The molecule has 29 heavy (non-hydrogen) atoms. The van der Waals surface area contributed by atoms with E-state index in [1.54, 1.807) is 6.07 Å². The van der Waals surface area contributed by atoms with Gasteiger partial charge in [0, 0.05) is 18.2 Å². The van der Waals surface area contributed by atoms with Gasteiger partial charge in [0.05, 0.1) is 11.4 Å². The molecule has 2 aliphatic rings. The summed E-state index contributed by atoms with van der Waals surface area (Å²) in [6.45, 7) is 5.81. The Hall–Kier alpha value is -2.08. The van der Waals surface area contributed by atoms with Crippen LogP contribution in [0.1, 0.15) is 69.2 Å². The number of benzene rings is 1. The Morgan fingerprint density at radius 1 is 1.24 bits per heavy atom. The third-order valence-corrected chi connectivity index (χ3v) is 6.52. The van der Waals surface area contributed by atoms with Gasteiger partial charge in [0.2, 0.25) is 5.91 Å². The number of carbonyl (C=O) groups is 2. The van der Waals surface area contributed by atoms with Crippen LogP contribution in [-0.4, -0.2) is 48.9 Å². The molecule has 1 saturated carbocycles. The number of fused-ring (bicyclic) bond motifs is 1. The van der Waals surface area contributed by atoms with Crippen LogP contribution in [0.4, 0.5) is 11.4 Å². The molecule has 6 heteroatoms. The average Bonchev–Trinajstić information content (AvgIpc) is 2.75. The predicted octanol–water partition coefficient (Wildman–Crippen LogP) is 3.85. The zero-order chi connectivity index (χ0) is 20.8. The first kappa shape index (κ1) is 21.6. The summed E-state index contributed by atoms with van der Waals surface area (Å²) >= 11 is 0. The van der Waals surface area contributed by atoms with Crippen LogP contribution >= 0.6 is 0 Å². The van der Waals surface area contributed by atoms with E-state index in [4.69, 9.17) is 0 Å². The molecule has 0 radical (unpaired) electrons. The zero-order valence-corrected chi connectivity index (χ0v) is 18.1. The normalized spacial score (nSPS) is 20.6. The summed E-state index contributed by atoms with van der Waals surface area (Å²) in [5.41, 5.74) is 2.13. The van der Waals surface area contributed by atoms with Crippen molar-refractivity contribution in [3.05, 3.63) is 23.8 Å². The van der Waals surface area contributed by atoms with Gasteiger partial charge in [-0.25, -0.2) is 0 Å². The maximum absolute atomic E-state index is 12.5. The lowest BCUT2D eigenvalue weighted by atomic mass is 9.94. The summed E-state index contributed by atoms with van der Waals surface area (Å²) in [5.74, 6) is 0.124. The highest BCUT2D eigenvalue weighted by molar-refractivity contribution is 6.05. The van der Waals surface area contributed by atoms with Gasteiger partial charge >= 0.3 is 0 Å². The fraction of sp³-hybridized carbons (Fsp3) is 0.652. The lowest BCUT2D eigenvalue weighted by Crippen LogP contribution is -2.43. The van der Waals surface area contributed by atoms with Gasteiger partial charge in [0.15, 0.2) is 0 Å². The molecule has 1 aromatic rings. The molecule has 2 amide bonds. The highest BCUT2D eigenvalue weighted by Gasteiger charge is 2.29. The number of hydrogen-bond acceptors (Lipinski definition) is 4. The number of rotatable bonds is 8. The predicted molar refractivity (Wildman–Crippen MR) is 118 cm³/mol. The SMILES string of the molecule is CC[C@H](C)[C@H]1Nc2ccc(C(=O)NCCCN(C)C3CCCCC3)cc2NC1=O. The van der Waals surface area contributed by atoms with Crippen molar-refractivity contribution in [2.24, 2.45) is 5.92 Å². The minimum Gasteiger partial charge on any atom is -0.372 e. The Kier molecular flexibility index (Phi) is 7.53. The van der Waals surface area contributed by atoms with Crippen molar-refractivity contribution in [3.8, 4) is 0 Å². The van der Waals surface area contributed by atoms with E-state index >= 15 is 0 Å². The van der Waals surface area contributed by atoms with E-state index in [1.165, 1.54) is 32.1 Å². The van der Waals surface area contributed by atoms with Gasteiger partial charge in [-0.2, -0.15) is 0 Å². The summed E-state index contributed by atoms with van der Waals surface area (Å²) in [4.78, 5) is 27.3. The molecule has 1 heterocycles. The number of carbonyl (C=O) groups excluding carboxylic acids is 2. The lowest BCUT2D eigenvalue weighted by molar-refractivity contribution is -0.118. The molecule has 3 rings (SSSR count). The maximum atomic E-state index is 12.5. The molecular formula is C23H36N4O2. The first-order chi connectivity index (χ1) is 14.0. The Bertz CT molecular complexity index is 715. The third kappa shape index (κ3) is 5.50. The zero-order valence-electron chi connectivity index (χ0n) is 18.1. The van der Waals surface area contributed by atoms with Crippen LogP contribution in [0.2, 0.25) is 0 Å². The van der Waals surface area contributed by atoms with Crippen LogP contribution in [0.15, 0.2) is 18.2 Å². The number of amides is 2.